The van der Waals surface area contributed by atoms with Crippen LogP contribution in [0.2, 0.25) is 0 Å². The summed E-state index contributed by atoms with van der Waals surface area (Å²) in [5.74, 6) is 0.762. The number of hydrogen-bond donors (Lipinski definition) is 0. The van der Waals surface area contributed by atoms with Gasteiger partial charge in [0.15, 0.2) is 9.84 Å². The molecule has 0 fully saturated rings. The Kier molecular flexibility index (Phi) is 5.61. The molecule has 0 amide bonds. The largest absolute Gasteiger partial charge is 0.497 e. The fourth-order valence-corrected chi connectivity index (χ4v) is 3.39. The first-order valence-electron chi connectivity index (χ1n) is 7.10. The van der Waals surface area contributed by atoms with Crippen molar-refractivity contribution >= 4 is 15.9 Å². The summed E-state index contributed by atoms with van der Waals surface area (Å²) in [7, 11) is -0.782. The highest BCUT2D eigenvalue weighted by molar-refractivity contribution is 7.95. The molecule has 0 aromatic heterocycles. The monoisotopic (exact) mass is 343 g/mol. The Morgan fingerprint density at radius 2 is 1.83 bits per heavy atom. The lowest BCUT2D eigenvalue weighted by Crippen LogP contribution is -2.06. The number of benzene rings is 2. The SMILES string of the molecule is COc1ccc(OC)c(C=C(C#N)S(=O)(=O)Cc2ccccc2)c1. The van der Waals surface area contributed by atoms with Crippen molar-refractivity contribution < 1.29 is 17.9 Å². The van der Waals surface area contributed by atoms with Gasteiger partial charge in [0.2, 0.25) is 0 Å². The lowest BCUT2D eigenvalue weighted by atomic mass is 10.1. The van der Waals surface area contributed by atoms with Gasteiger partial charge in [-0.2, -0.15) is 5.26 Å². The Morgan fingerprint density at radius 1 is 1.12 bits per heavy atom. The van der Waals surface area contributed by atoms with Crippen molar-refractivity contribution in [3.05, 3.63) is 64.6 Å². The maximum absolute atomic E-state index is 12.5. The normalized spacial score (nSPS) is 11.6. The van der Waals surface area contributed by atoms with Crippen molar-refractivity contribution in [2.24, 2.45) is 0 Å². The van der Waals surface area contributed by atoms with E-state index in [1.807, 2.05) is 0 Å². The van der Waals surface area contributed by atoms with Crippen molar-refractivity contribution in [3.63, 3.8) is 0 Å². The Balaban J connectivity index is 2.44. The van der Waals surface area contributed by atoms with Crippen molar-refractivity contribution in [2.75, 3.05) is 14.2 Å². The van der Waals surface area contributed by atoms with E-state index in [4.69, 9.17) is 9.47 Å². The molecule has 6 heteroatoms. The summed E-state index contributed by atoms with van der Waals surface area (Å²) in [5.41, 5.74) is 1.08. The van der Waals surface area contributed by atoms with E-state index in [0.29, 0.717) is 22.6 Å². The molecule has 0 N–H and O–H groups in total. The third-order valence-corrected chi connectivity index (χ3v) is 4.96. The number of allylic oxidation sites excluding steroid dienone is 1. The fraction of sp³-hybridized carbons (Fsp3) is 0.167. The zero-order chi connectivity index (χ0) is 17.6. The molecule has 0 saturated heterocycles. The van der Waals surface area contributed by atoms with Crippen LogP contribution in [0, 0.1) is 11.3 Å². The second-order valence-corrected chi connectivity index (χ2v) is 6.93. The predicted molar refractivity (Wildman–Crippen MR) is 92.2 cm³/mol. The highest BCUT2D eigenvalue weighted by atomic mass is 32.2. The highest BCUT2D eigenvalue weighted by Gasteiger charge is 2.19. The molecule has 0 unspecified atom stereocenters. The Labute approximate surface area is 141 Å². The zero-order valence-electron chi connectivity index (χ0n) is 13.4. The standard InChI is InChI=1S/C18H17NO4S/c1-22-16-8-9-18(23-2)15(10-16)11-17(12-19)24(20,21)13-14-6-4-3-5-7-14/h3-11H,13H2,1-2H3. The van der Waals surface area contributed by atoms with Gasteiger partial charge in [-0.05, 0) is 29.8 Å². The summed E-state index contributed by atoms with van der Waals surface area (Å²) < 4.78 is 35.4. The minimum Gasteiger partial charge on any atom is -0.497 e. The van der Waals surface area contributed by atoms with Crippen LogP contribution >= 0.6 is 0 Å². The van der Waals surface area contributed by atoms with Gasteiger partial charge < -0.3 is 9.47 Å². The molecular weight excluding hydrogens is 326 g/mol. The quantitative estimate of drug-likeness (QED) is 0.753. The van der Waals surface area contributed by atoms with Crippen molar-refractivity contribution in [1.82, 2.24) is 0 Å². The Bertz CT molecular complexity index is 881. The average Bonchev–Trinajstić information content (AvgIpc) is 2.59. The third kappa shape index (κ3) is 4.15. The minimum absolute atomic E-state index is 0.237. The number of methoxy groups -OCH3 is 2. The molecule has 24 heavy (non-hydrogen) atoms. The summed E-state index contributed by atoms with van der Waals surface area (Å²) in [6, 6.07) is 15.5. The predicted octanol–water partition coefficient (Wildman–Crippen LogP) is 3.18. The molecule has 0 aliphatic carbocycles. The van der Waals surface area contributed by atoms with E-state index in [9.17, 15) is 13.7 Å². The molecular formula is C18H17NO4S. The smallest absolute Gasteiger partial charge is 0.192 e. The molecule has 0 bridgehead atoms. The van der Waals surface area contributed by atoms with E-state index in [1.54, 1.807) is 54.6 Å². The average molecular weight is 343 g/mol. The molecule has 0 saturated carbocycles. The topological polar surface area (TPSA) is 76.4 Å². The number of hydrogen-bond acceptors (Lipinski definition) is 5. The first-order valence-corrected chi connectivity index (χ1v) is 8.76. The lowest BCUT2D eigenvalue weighted by molar-refractivity contribution is 0.402. The first kappa shape index (κ1) is 17.6. The third-order valence-electron chi connectivity index (χ3n) is 3.37. The molecule has 0 atom stereocenters. The number of nitriles is 1. The van der Waals surface area contributed by atoms with Crippen LogP contribution in [0.3, 0.4) is 0 Å². The van der Waals surface area contributed by atoms with Crippen LogP contribution < -0.4 is 9.47 Å². The lowest BCUT2D eigenvalue weighted by Gasteiger charge is -2.08. The van der Waals surface area contributed by atoms with E-state index in [2.05, 4.69) is 0 Å². The molecule has 0 aliphatic heterocycles. The molecule has 124 valence electrons. The maximum atomic E-state index is 12.5. The van der Waals surface area contributed by atoms with Gasteiger partial charge in [0.05, 0.1) is 20.0 Å². The molecule has 2 aromatic rings. The summed E-state index contributed by atoms with van der Waals surface area (Å²) in [6.07, 6.45) is 1.31. The van der Waals surface area contributed by atoms with Crippen LogP contribution in [0.5, 0.6) is 11.5 Å². The van der Waals surface area contributed by atoms with Crippen LogP contribution in [0.4, 0.5) is 0 Å². The Hall–Kier alpha value is -2.78. The van der Waals surface area contributed by atoms with E-state index in [1.165, 1.54) is 20.3 Å². The fourth-order valence-electron chi connectivity index (χ4n) is 2.16. The van der Waals surface area contributed by atoms with E-state index >= 15 is 0 Å². The van der Waals surface area contributed by atoms with Gasteiger partial charge in [0.25, 0.3) is 0 Å². The number of ether oxygens (including phenoxy) is 2. The number of nitrogens with zero attached hydrogens (tertiary/aromatic N) is 1. The molecule has 2 rings (SSSR count). The molecule has 0 radical (unpaired) electrons. The summed E-state index contributed by atoms with van der Waals surface area (Å²) in [4.78, 5) is -0.321. The van der Waals surface area contributed by atoms with Crippen LogP contribution in [0.25, 0.3) is 6.08 Å². The van der Waals surface area contributed by atoms with E-state index in [0.717, 1.165) is 0 Å². The first-order chi connectivity index (χ1) is 11.5. The van der Waals surface area contributed by atoms with E-state index in [-0.39, 0.29) is 10.7 Å². The molecule has 0 spiro atoms. The summed E-state index contributed by atoms with van der Waals surface area (Å²) in [5, 5.41) is 9.32. The number of rotatable bonds is 6. The zero-order valence-corrected chi connectivity index (χ0v) is 14.2. The Morgan fingerprint density at radius 3 is 2.42 bits per heavy atom. The van der Waals surface area contributed by atoms with Gasteiger partial charge in [0.1, 0.15) is 22.5 Å². The van der Waals surface area contributed by atoms with Gasteiger partial charge in [-0.3, -0.25) is 0 Å². The molecule has 0 heterocycles. The highest BCUT2D eigenvalue weighted by Crippen LogP contribution is 2.27. The van der Waals surface area contributed by atoms with Crippen LogP contribution in [-0.2, 0) is 15.6 Å². The van der Waals surface area contributed by atoms with Crippen LogP contribution in [0.15, 0.2) is 53.4 Å². The maximum Gasteiger partial charge on any atom is 0.192 e. The summed E-state index contributed by atoms with van der Waals surface area (Å²) >= 11 is 0. The van der Waals surface area contributed by atoms with Crippen molar-refractivity contribution in [2.45, 2.75) is 5.75 Å². The van der Waals surface area contributed by atoms with E-state index < -0.39 is 9.84 Å². The van der Waals surface area contributed by atoms with Crippen molar-refractivity contribution in [1.29, 1.82) is 5.26 Å². The van der Waals surface area contributed by atoms with Crippen molar-refractivity contribution in [3.8, 4) is 17.6 Å². The molecule has 5 nitrogen and oxygen atoms in total. The van der Waals surface area contributed by atoms with Crippen LogP contribution in [0.1, 0.15) is 11.1 Å². The van der Waals surface area contributed by atoms with Gasteiger partial charge in [-0.1, -0.05) is 30.3 Å². The van der Waals surface area contributed by atoms with Gasteiger partial charge in [-0.25, -0.2) is 8.42 Å². The second-order valence-electron chi connectivity index (χ2n) is 4.97. The summed E-state index contributed by atoms with van der Waals surface area (Å²) in [6.45, 7) is 0. The minimum atomic E-state index is -3.76. The molecule has 0 aliphatic rings. The second kappa shape index (κ2) is 7.66. The van der Waals surface area contributed by atoms with Crippen LogP contribution in [-0.4, -0.2) is 22.6 Å². The van der Waals surface area contributed by atoms with Gasteiger partial charge >= 0.3 is 0 Å². The molecule has 2 aromatic carbocycles. The number of sulfone groups is 1. The van der Waals surface area contributed by atoms with Gasteiger partial charge in [-0.15, -0.1) is 0 Å². The van der Waals surface area contributed by atoms with Gasteiger partial charge in [0, 0.05) is 5.56 Å².